The maximum absolute atomic E-state index is 9.01. The highest BCUT2D eigenvalue weighted by molar-refractivity contribution is 7.07. The normalized spacial score (nSPS) is 11.8. The van der Waals surface area contributed by atoms with Crippen LogP contribution in [-0.4, -0.2) is 4.98 Å². The van der Waals surface area contributed by atoms with Gasteiger partial charge in [-0.3, -0.25) is 0 Å². The number of rotatable bonds is 3. The molecule has 2 aromatic rings. The Balaban J connectivity index is 2.24. The number of aromatic nitrogens is 1. The Hall–Kier alpha value is -1.57. The summed E-state index contributed by atoms with van der Waals surface area (Å²) in [7, 11) is 0. The van der Waals surface area contributed by atoms with E-state index in [0.29, 0.717) is 10.6 Å². The SMILES string of the molecule is CC(Nc1cc(Cl)ccc1C#N)c1cscn1. The van der Waals surface area contributed by atoms with Crippen LogP contribution in [0.15, 0.2) is 29.1 Å². The zero-order chi connectivity index (χ0) is 12.3. The van der Waals surface area contributed by atoms with Gasteiger partial charge in [0.15, 0.2) is 0 Å². The first-order chi connectivity index (χ1) is 8.20. The molecule has 0 fully saturated rings. The minimum Gasteiger partial charge on any atom is -0.376 e. The summed E-state index contributed by atoms with van der Waals surface area (Å²) in [6.07, 6.45) is 0. The summed E-state index contributed by atoms with van der Waals surface area (Å²) in [6, 6.07) is 7.35. The highest BCUT2D eigenvalue weighted by atomic mass is 35.5. The van der Waals surface area contributed by atoms with Gasteiger partial charge in [0.1, 0.15) is 6.07 Å². The summed E-state index contributed by atoms with van der Waals surface area (Å²) in [4.78, 5) is 4.23. The highest BCUT2D eigenvalue weighted by Gasteiger charge is 2.10. The Kier molecular flexibility index (Phi) is 3.62. The van der Waals surface area contributed by atoms with Crippen LogP contribution in [0.3, 0.4) is 0 Å². The smallest absolute Gasteiger partial charge is 0.101 e. The first-order valence-corrected chi connectivity index (χ1v) is 6.37. The molecule has 3 nitrogen and oxygen atoms in total. The van der Waals surface area contributed by atoms with E-state index in [-0.39, 0.29) is 6.04 Å². The van der Waals surface area contributed by atoms with Crippen molar-refractivity contribution in [1.82, 2.24) is 4.98 Å². The zero-order valence-electron chi connectivity index (χ0n) is 9.14. The number of anilines is 1. The lowest BCUT2D eigenvalue weighted by Gasteiger charge is -2.14. The molecule has 1 atom stereocenters. The highest BCUT2D eigenvalue weighted by Crippen LogP contribution is 2.25. The monoisotopic (exact) mass is 263 g/mol. The van der Waals surface area contributed by atoms with Gasteiger partial charge in [-0.2, -0.15) is 5.26 Å². The van der Waals surface area contributed by atoms with E-state index in [1.165, 1.54) is 0 Å². The first kappa shape index (κ1) is 11.9. The summed E-state index contributed by atoms with van der Waals surface area (Å²) in [5, 5.41) is 14.8. The molecule has 1 aromatic heterocycles. The van der Waals surface area contributed by atoms with Crippen molar-refractivity contribution in [3.63, 3.8) is 0 Å². The van der Waals surface area contributed by atoms with E-state index in [0.717, 1.165) is 11.4 Å². The summed E-state index contributed by atoms with van der Waals surface area (Å²) < 4.78 is 0. The van der Waals surface area contributed by atoms with Crippen molar-refractivity contribution in [3.8, 4) is 6.07 Å². The molecule has 0 spiro atoms. The Morgan fingerprint density at radius 3 is 3.00 bits per heavy atom. The fourth-order valence-corrected chi connectivity index (χ4v) is 2.30. The molecular weight excluding hydrogens is 254 g/mol. The predicted octanol–water partition coefficient (Wildman–Crippen LogP) is 3.84. The first-order valence-electron chi connectivity index (χ1n) is 5.05. The van der Waals surface area contributed by atoms with E-state index in [4.69, 9.17) is 16.9 Å². The second-order valence-electron chi connectivity index (χ2n) is 3.58. The van der Waals surface area contributed by atoms with Gasteiger partial charge in [0, 0.05) is 10.4 Å². The third-order valence-electron chi connectivity index (χ3n) is 2.37. The number of hydrogen-bond donors (Lipinski definition) is 1. The summed E-state index contributed by atoms with van der Waals surface area (Å²) in [5.41, 5.74) is 4.06. The molecule has 1 unspecified atom stereocenters. The molecule has 0 aliphatic carbocycles. The van der Waals surface area contributed by atoms with E-state index in [9.17, 15) is 0 Å². The van der Waals surface area contributed by atoms with Crippen LogP contribution in [0.1, 0.15) is 24.2 Å². The van der Waals surface area contributed by atoms with E-state index in [1.807, 2.05) is 12.3 Å². The molecule has 86 valence electrons. The van der Waals surface area contributed by atoms with E-state index >= 15 is 0 Å². The van der Waals surface area contributed by atoms with Crippen molar-refractivity contribution in [2.75, 3.05) is 5.32 Å². The van der Waals surface area contributed by atoms with Crippen molar-refractivity contribution in [2.24, 2.45) is 0 Å². The van der Waals surface area contributed by atoms with Crippen LogP contribution in [0, 0.1) is 11.3 Å². The molecule has 0 saturated heterocycles. The molecule has 0 radical (unpaired) electrons. The molecule has 17 heavy (non-hydrogen) atoms. The van der Waals surface area contributed by atoms with Crippen LogP contribution in [-0.2, 0) is 0 Å². The van der Waals surface area contributed by atoms with Gasteiger partial charge >= 0.3 is 0 Å². The van der Waals surface area contributed by atoms with Gasteiger partial charge in [0.25, 0.3) is 0 Å². The van der Waals surface area contributed by atoms with Crippen LogP contribution in [0.4, 0.5) is 5.69 Å². The maximum Gasteiger partial charge on any atom is 0.101 e. The van der Waals surface area contributed by atoms with Crippen molar-refractivity contribution >= 4 is 28.6 Å². The number of halogens is 1. The van der Waals surface area contributed by atoms with Crippen LogP contribution in [0.2, 0.25) is 5.02 Å². The molecule has 1 N–H and O–H groups in total. The predicted molar refractivity (Wildman–Crippen MR) is 70.3 cm³/mol. The lowest BCUT2D eigenvalue weighted by Crippen LogP contribution is -2.08. The quantitative estimate of drug-likeness (QED) is 0.915. The van der Waals surface area contributed by atoms with Gasteiger partial charge < -0.3 is 5.32 Å². The van der Waals surface area contributed by atoms with Crippen LogP contribution >= 0.6 is 22.9 Å². The minimum atomic E-state index is 0.0480. The standard InChI is InChI=1S/C12H10ClN3S/c1-8(12-6-17-7-15-12)16-11-4-10(13)3-2-9(11)5-14/h2-4,6-8,16H,1H3. The van der Waals surface area contributed by atoms with E-state index < -0.39 is 0 Å². The summed E-state index contributed by atoms with van der Waals surface area (Å²) in [5.74, 6) is 0. The van der Waals surface area contributed by atoms with Crippen molar-refractivity contribution in [3.05, 3.63) is 45.4 Å². The maximum atomic E-state index is 9.01. The number of nitrogens with zero attached hydrogens (tertiary/aromatic N) is 2. The number of thiazole rings is 1. The minimum absolute atomic E-state index is 0.0480. The summed E-state index contributed by atoms with van der Waals surface area (Å²) >= 11 is 7.47. The lowest BCUT2D eigenvalue weighted by molar-refractivity contribution is 0.849. The molecular formula is C12H10ClN3S. The van der Waals surface area contributed by atoms with Gasteiger partial charge in [0.05, 0.1) is 28.5 Å². The van der Waals surface area contributed by atoms with Gasteiger partial charge in [0.2, 0.25) is 0 Å². The fourth-order valence-electron chi connectivity index (χ4n) is 1.48. The number of nitriles is 1. The molecule has 5 heteroatoms. The number of benzene rings is 1. The Labute approximate surface area is 109 Å². The molecule has 2 rings (SSSR count). The van der Waals surface area contributed by atoms with Gasteiger partial charge in [-0.15, -0.1) is 11.3 Å². The average molecular weight is 264 g/mol. The molecule has 0 saturated carbocycles. The molecule has 0 bridgehead atoms. The van der Waals surface area contributed by atoms with E-state index in [2.05, 4.69) is 16.4 Å². The van der Waals surface area contributed by atoms with Gasteiger partial charge in [-0.1, -0.05) is 11.6 Å². The van der Waals surface area contributed by atoms with E-state index in [1.54, 1.807) is 35.0 Å². The molecule has 1 aromatic carbocycles. The number of hydrogen-bond acceptors (Lipinski definition) is 4. The zero-order valence-corrected chi connectivity index (χ0v) is 10.7. The lowest BCUT2D eigenvalue weighted by atomic mass is 10.1. The Morgan fingerprint density at radius 1 is 1.53 bits per heavy atom. The summed E-state index contributed by atoms with van der Waals surface area (Å²) in [6.45, 7) is 2.00. The van der Waals surface area contributed by atoms with Gasteiger partial charge in [-0.05, 0) is 25.1 Å². The largest absolute Gasteiger partial charge is 0.376 e. The van der Waals surface area contributed by atoms with Crippen LogP contribution < -0.4 is 5.32 Å². The fraction of sp³-hybridized carbons (Fsp3) is 0.167. The second-order valence-corrected chi connectivity index (χ2v) is 4.74. The molecule has 0 amide bonds. The molecule has 0 aliphatic rings. The second kappa shape index (κ2) is 5.17. The van der Waals surface area contributed by atoms with Crippen molar-refractivity contribution in [2.45, 2.75) is 13.0 Å². The van der Waals surface area contributed by atoms with Crippen LogP contribution in [0.5, 0.6) is 0 Å². The van der Waals surface area contributed by atoms with Gasteiger partial charge in [-0.25, -0.2) is 4.98 Å². The molecule has 1 heterocycles. The van der Waals surface area contributed by atoms with Crippen molar-refractivity contribution in [1.29, 1.82) is 5.26 Å². The topological polar surface area (TPSA) is 48.7 Å². The number of nitrogens with one attached hydrogen (secondary N) is 1. The Bertz CT molecular complexity index is 545. The third kappa shape index (κ3) is 2.76. The van der Waals surface area contributed by atoms with Crippen LogP contribution in [0.25, 0.3) is 0 Å². The average Bonchev–Trinajstić information content (AvgIpc) is 2.83. The third-order valence-corrected chi connectivity index (χ3v) is 3.21. The molecule has 0 aliphatic heterocycles. The van der Waals surface area contributed by atoms with Crippen molar-refractivity contribution < 1.29 is 0 Å². The Morgan fingerprint density at radius 2 is 2.35 bits per heavy atom.